The molecule has 0 amide bonds. The van der Waals surface area contributed by atoms with Crippen LogP contribution in [-0.4, -0.2) is 52.0 Å². The summed E-state index contributed by atoms with van der Waals surface area (Å²) in [6, 6.07) is 0. The lowest BCUT2D eigenvalue weighted by atomic mass is 10.1. The predicted molar refractivity (Wildman–Crippen MR) is 91.5 cm³/mol. The van der Waals surface area contributed by atoms with E-state index >= 15 is 0 Å². The highest BCUT2D eigenvalue weighted by molar-refractivity contribution is 14.0. The van der Waals surface area contributed by atoms with Crippen LogP contribution in [0.5, 0.6) is 0 Å². The molecule has 0 bridgehead atoms. The first kappa shape index (κ1) is 21.2. The zero-order valence-corrected chi connectivity index (χ0v) is 15.4. The first-order valence-electron chi connectivity index (χ1n) is 6.48. The third kappa shape index (κ3) is 12.7. The Morgan fingerprint density at radius 1 is 1.26 bits per heavy atom. The molecule has 6 heteroatoms. The van der Waals surface area contributed by atoms with Gasteiger partial charge in [-0.05, 0) is 19.8 Å². The maximum Gasteiger partial charge on any atom is 0.191 e. The van der Waals surface area contributed by atoms with E-state index in [1.54, 1.807) is 14.2 Å². The zero-order valence-electron chi connectivity index (χ0n) is 13.1. The van der Waals surface area contributed by atoms with E-state index in [1.807, 2.05) is 13.8 Å². The first-order chi connectivity index (χ1) is 8.41. The Hall–Kier alpha value is -0.0800. The van der Waals surface area contributed by atoms with Crippen LogP contribution in [0.3, 0.4) is 0 Å². The molecule has 0 atom stereocenters. The van der Waals surface area contributed by atoms with Crippen LogP contribution in [0.4, 0.5) is 0 Å². The topological polar surface area (TPSA) is 54.9 Å². The fourth-order valence-electron chi connectivity index (χ4n) is 1.15. The number of guanidine groups is 1. The normalized spacial score (nSPS) is 12.3. The fourth-order valence-corrected chi connectivity index (χ4v) is 1.15. The van der Waals surface area contributed by atoms with Crippen molar-refractivity contribution in [2.75, 3.05) is 40.5 Å². The maximum absolute atomic E-state index is 5.49. The van der Waals surface area contributed by atoms with Crippen LogP contribution in [0.1, 0.15) is 27.7 Å². The largest absolute Gasteiger partial charge is 0.379 e. The Morgan fingerprint density at radius 3 is 2.37 bits per heavy atom. The third-order valence-electron chi connectivity index (χ3n) is 2.45. The van der Waals surface area contributed by atoms with Crippen LogP contribution in [0, 0.1) is 5.92 Å². The highest BCUT2D eigenvalue weighted by Gasteiger charge is 2.16. The van der Waals surface area contributed by atoms with Gasteiger partial charge in [0.1, 0.15) is 0 Å². The maximum atomic E-state index is 5.49. The second-order valence-corrected chi connectivity index (χ2v) is 5.29. The standard InChI is InChI=1S/C13H29N3O2.HI/c1-11(2)9-18-8-7-15-12(14-5)16-10-13(3,4)17-6;/h11H,7-10H2,1-6H3,(H2,14,15,16);1H. The van der Waals surface area contributed by atoms with Crippen LogP contribution in [-0.2, 0) is 9.47 Å². The summed E-state index contributed by atoms with van der Waals surface area (Å²) < 4.78 is 10.8. The van der Waals surface area contributed by atoms with E-state index in [4.69, 9.17) is 9.47 Å². The Kier molecular flexibility index (Phi) is 13.1. The molecule has 0 spiro atoms. The van der Waals surface area contributed by atoms with Crippen molar-refractivity contribution in [2.45, 2.75) is 33.3 Å². The Morgan fingerprint density at radius 2 is 1.89 bits per heavy atom. The predicted octanol–water partition coefficient (Wildman–Crippen LogP) is 1.87. The van der Waals surface area contributed by atoms with Crippen LogP contribution >= 0.6 is 24.0 Å². The monoisotopic (exact) mass is 387 g/mol. The minimum absolute atomic E-state index is 0. The van der Waals surface area contributed by atoms with Gasteiger partial charge in [0.05, 0.1) is 12.2 Å². The van der Waals surface area contributed by atoms with Gasteiger partial charge in [-0.1, -0.05) is 13.8 Å². The van der Waals surface area contributed by atoms with Gasteiger partial charge in [-0.3, -0.25) is 4.99 Å². The average molecular weight is 387 g/mol. The van der Waals surface area contributed by atoms with E-state index in [1.165, 1.54) is 0 Å². The molecule has 0 heterocycles. The molecule has 0 aliphatic carbocycles. The van der Waals surface area contributed by atoms with Gasteiger partial charge in [0.25, 0.3) is 0 Å². The smallest absolute Gasteiger partial charge is 0.191 e. The van der Waals surface area contributed by atoms with Crippen LogP contribution in [0.2, 0.25) is 0 Å². The molecule has 2 N–H and O–H groups in total. The van der Waals surface area contributed by atoms with Gasteiger partial charge in [-0.25, -0.2) is 0 Å². The molecule has 0 unspecified atom stereocenters. The number of ether oxygens (including phenoxy) is 2. The van der Waals surface area contributed by atoms with Gasteiger partial charge >= 0.3 is 0 Å². The van der Waals surface area contributed by atoms with E-state index in [0.717, 1.165) is 19.1 Å². The summed E-state index contributed by atoms with van der Waals surface area (Å²) in [5.41, 5.74) is -0.203. The first-order valence-corrected chi connectivity index (χ1v) is 6.48. The van der Waals surface area contributed by atoms with Gasteiger partial charge in [-0.2, -0.15) is 0 Å². The van der Waals surface area contributed by atoms with E-state index in [2.05, 4.69) is 29.5 Å². The molecule has 0 aromatic carbocycles. The number of hydrogen-bond acceptors (Lipinski definition) is 3. The molecule has 0 aromatic rings. The lowest BCUT2D eigenvalue weighted by molar-refractivity contribution is 0.0268. The summed E-state index contributed by atoms with van der Waals surface area (Å²) in [5.74, 6) is 1.35. The molecule has 5 nitrogen and oxygen atoms in total. The number of rotatable bonds is 8. The van der Waals surface area contributed by atoms with E-state index in [-0.39, 0.29) is 29.6 Å². The molecule has 116 valence electrons. The van der Waals surface area contributed by atoms with Crippen molar-refractivity contribution in [3.05, 3.63) is 0 Å². The van der Waals surface area contributed by atoms with E-state index in [0.29, 0.717) is 19.1 Å². The molecule has 0 saturated heterocycles. The number of methoxy groups -OCH3 is 1. The molecule has 0 aromatic heterocycles. The fraction of sp³-hybridized carbons (Fsp3) is 0.923. The molecule has 19 heavy (non-hydrogen) atoms. The number of nitrogens with zero attached hydrogens (tertiary/aromatic N) is 1. The quantitative estimate of drug-likeness (QED) is 0.289. The van der Waals surface area contributed by atoms with Crippen molar-refractivity contribution in [1.82, 2.24) is 10.6 Å². The van der Waals surface area contributed by atoms with E-state index < -0.39 is 0 Å². The molecule has 0 fully saturated rings. The number of aliphatic imine (C=N–C) groups is 1. The Balaban J connectivity index is 0. The van der Waals surface area contributed by atoms with Gasteiger partial charge < -0.3 is 20.1 Å². The zero-order chi connectivity index (χ0) is 14.0. The number of hydrogen-bond donors (Lipinski definition) is 2. The SMILES string of the molecule is CN=C(NCCOCC(C)C)NCC(C)(C)OC.I. The van der Waals surface area contributed by atoms with Crippen molar-refractivity contribution < 1.29 is 9.47 Å². The summed E-state index contributed by atoms with van der Waals surface area (Å²) in [6.07, 6.45) is 0. The van der Waals surface area contributed by atoms with Crippen molar-refractivity contribution in [2.24, 2.45) is 10.9 Å². The minimum atomic E-state index is -0.203. The molecule has 0 saturated carbocycles. The molecular weight excluding hydrogens is 357 g/mol. The second kappa shape index (κ2) is 11.7. The molecular formula is C13H30IN3O2. The lowest BCUT2D eigenvalue weighted by Gasteiger charge is -2.24. The minimum Gasteiger partial charge on any atom is -0.379 e. The molecule has 0 radical (unpaired) electrons. The van der Waals surface area contributed by atoms with Gasteiger partial charge in [-0.15, -0.1) is 24.0 Å². The summed E-state index contributed by atoms with van der Waals surface area (Å²) >= 11 is 0. The highest BCUT2D eigenvalue weighted by Crippen LogP contribution is 2.04. The van der Waals surface area contributed by atoms with Crippen molar-refractivity contribution in [3.8, 4) is 0 Å². The molecule has 0 rings (SSSR count). The summed E-state index contributed by atoms with van der Waals surface area (Å²) in [4.78, 5) is 4.14. The van der Waals surface area contributed by atoms with Crippen molar-refractivity contribution in [3.63, 3.8) is 0 Å². The Labute approximate surface area is 134 Å². The molecule has 0 aliphatic rings. The average Bonchev–Trinajstić information content (AvgIpc) is 2.32. The highest BCUT2D eigenvalue weighted by atomic mass is 127. The van der Waals surface area contributed by atoms with Crippen LogP contribution < -0.4 is 10.6 Å². The van der Waals surface area contributed by atoms with Gasteiger partial charge in [0.15, 0.2) is 5.96 Å². The van der Waals surface area contributed by atoms with E-state index in [9.17, 15) is 0 Å². The number of halogens is 1. The third-order valence-corrected chi connectivity index (χ3v) is 2.45. The van der Waals surface area contributed by atoms with Gasteiger partial charge in [0, 0.05) is 33.9 Å². The molecule has 0 aliphatic heterocycles. The van der Waals surface area contributed by atoms with Crippen molar-refractivity contribution in [1.29, 1.82) is 0 Å². The number of nitrogens with one attached hydrogen (secondary N) is 2. The second-order valence-electron chi connectivity index (χ2n) is 5.29. The van der Waals surface area contributed by atoms with Crippen molar-refractivity contribution >= 4 is 29.9 Å². The van der Waals surface area contributed by atoms with Crippen LogP contribution in [0.15, 0.2) is 4.99 Å². The lowest BCUT2D eigenvalue weighted by Crippen LogP contribution is -2.46. The summed E-state index contributed by atoms with van der Waals surface area (Å²) in [7, 11) is 3.46. The van der Waals surface area contributed by atoms with Crippen LogP contribution in [0.25, 0.3) is 0 Å². The summed E-state index contributed by atoms with van der Waals surface area (Å²) in [6.45, 7) is 11.3. The summed E-state index contributed by atoms with van der Waals surface area (Å²) in [5, 5.41) is 6.42. The van der Waals surface area contributed by atoms with Gasteiger partial charge in [0.2, 0.25) is 0 Å². The Bertz CT molecular complexity index is 246.